The molecule has 0 radical (unpaired) electrons. The molecule has 1 N–H and O–H groups in total. The van der Waals surface area contributed by atoms with Gasteiger partial charge in [-0.25, -0.2) is 0 Å². The molecule has 0 aromatic carbocycles. The number of ether oxygens (including phenoxy) is 1. The summed E-state index contributed by atoms with van der Waals surface area (Å²) < 4.78 is 5.75. The second-order valence-corrected chi connectivity index (χ2v) is 6.70. The molecule has 2 fully saturated rings. The number of nitrogens with one attached hydrogen (secondary N) is 1. The summed E-state index contributed by atoms with van der Waals surface area (Å²) in [6.45, 7) is 7.78. The van der Waals surface area contributed by atoms with Gasteiger partial charge in [0, 0.05) is 44.4 Å². The summed E-state index contributed by atoms with van der Waals surface area (Å²) in [4.78, 5) is 19.0. The summed E-state index contributed by atoms with van der Waals surface area (Å²) in [6.07, 6.45) is 3.15. The lowest BCUT2D eigenvalue weighted by molar-refractivity contribution is -0.124. The van der Waals surface area contributed by atoms with Gasteiger partial charge in [0.05, 0.1) is 13.2 Å². The molecule has 2 saturated heterocycles. The van der Waals surface area contributed by atoms with Crippen LogP contribution in [0.25, 0.3) is 0 Å². The number of hydrogen-bond donors (Lipinski definition) is 1. The number of carbonyl (C=O) groups is 1. The van der Waals surface area contributed by atoms with E-state index < -0.39 is 0 Å². The summed E-state index contributed by atoms with van der Waals surface area (Å²) >= 11 is 0. The third kappa shape index (κ3) is 4.30. The number of nitrogens with zero attached hydrogens (tertiary/aromatic N) is 2. The molecule has 5 heteroatoms. The Kier molecular flexibility index (Phi) is 5.62. The summed E-state index contributed by atoms with van der Waals surface area (Å²) in [6, 6.07) is 5.87. The van der Waals surface area contributed by atoms with Crippen LogP contribution >= 0.6 is 0 Å². The van der Waals surface area contributed by atoms with Crippen LogP contribution in [-0.2, 0) is 16.0 Å². The average Bonchev–Trinajstić information content (AvgIpc) is 3.00. The van der Waals surface area contributed by atoms with Gasteiger partial charge in [0.15, 0.2) is 0 Å². The number of likely N-dealkylation sites (tertiary alicyclic amines) is 1. The van der Waals surface area contributed by atoms with Crippen LogP contribution in [0.5, 0.6) is 0 Å². The van der Waals surface area contributed by atoms with E-state index >= 15 is 0 Å². The first-order valence-corrected chi connectivity index (χ1v) is 8.73. The highest BCUT2D eigenvalue weighted by atomic mass is 16.5. The van der Waals surface area contributed by atoms with E-state index in [0.717, 1.165) is 45.0 Å². The lowest BCUT2D eigenvalue weighted by Gasteiger charge is -2.32. The number of rotatable bonds is 6. The molecule has 5 nitrogen and oxygen atoms in total. The quantitative estimate of drug-likeness (QED) is 0.860. The first-order chi connectivity index (χ1) is 11.3. The van der Waals surface area contributed by atoms with Crippen molar-refractivity contribution in [2.24, 2.45) is 17.8 Å². The zero-order chi connectivity index (χ0) is 16.1. The summed E-state index contributed by atoms with van der Waals surface area (Å²) in [5.41, 5.74) is 1.02. The first kappa shape index (κ1) is 16.4. The Morgan fingerprint density at radius 1 is 1.39 bits per heavy atom. The number of amides is 1. The van der Waals surface area contributed by atoms with Crippen LogP contribution in [0.15, 0.2) is 24.4 Å². The van der Waals surface area contributed by atoms with Gasteiger partial charge in [-0.3, -0.25) is 9.78 Å². The lowest BCUT2D eigenvalue weighted by atomic mass is 9.81. The van der Waals surface area contributed by atoms with Crippen molar-refractivity contribution in [1.82, 2.24) is 15.2 Å². The Morgan fingerprint density at radius 2 is 2.30 bits per heavy atom. The van der Waals surface area contributed by atoms with Gasteiger partial charge in [-0.2, -0.15) is 0 Å². The third-order valence-corrected chi connectivity index (χ3v) is 5.16. The molecule has 1 aromatic rings. The molecular weight excluding hydrogens is 290 g/mol. The van der Waals surface area contributed by atoms with Crippen molar-refractivity contribution in [3.8, 4) is 0 Å². The largest absolute Gasteiger partial charge is 0.381 e. The Bertz CT molecular complexity index is 508. The number of fused-ring (bicyclic) bond motifs is 1. The topological polar surface area (TPSA) is 54.5 Å². The van der Waals surface area contributed by atoms with Crippen molar-refractivity contribution in [2.75, 3.05) is 39.4 Å². The van der Waals surface area contributed by atoms with E-state index in [1.807, 2.05) is 18.2 Å². The van der Waals surface area contributed by atoms with Crippen LogP contribution in [0, 0.1) is 17.8 Å². The summed E-state index contributed by atoms with van der Waals surface area (Å²) in [7, 11) is 0. The number of aromatic nitrogens is 1. The Morgan fingerprint density at radius 3 is 3.09 bits per heavy atom. The van der Waals surface area contributed by atoms with Crippen LogP contribution in [0.4, 0.5) is 0 Å². The second-order valence-electron chi connectivity index (χ2n) is 6.70. The van der Waals surface area contributed by atoms with Crippen molar-refractivity contribution in [2.45, 2.75) is 19.8 Å². The molecule has 0 unspecified atom stereocenters. The van der Waals surface area contributed by atoms with E-state index in [1.165, 1.54) is 0 Å². The van der Waals surface area contributed by atoms with Crippen LogP contribution in [0.3, 0.4) is 0 Å². The number of pyridine rings is 1. The molecule has 1 aromatic heterocycles. The molecule has 2 aliphatic heterocycles. The lowest BCUT2D eigenvalue weighted by Crippen LogP contribution is -2.38. The molecule has 1 amide bonds. The van der Waals surface area contributed by atoms with E-state index in [2.05, 4.69) is 22.1 Å². The highest BCUT2D eigenvalue weighted by Crippen LogP contribution is 2.35. The average molecular weight is 317 g/mol. The Hall–Kier alpha value is -1.46. The maximum absolute atomic E-state index is 12.2. The molecule has 126 valence electrons. The maximum Gasteiger partial charge on any atom is 0.220 e. The molecule has 0 saturated carbocycles. The predicted molar refractivity (Wildman–Crippen MR) is 89.0 cm³/mol. The zero-order valence-corrected chi connectivity index (χ0v) is 13.9. The normalized spacial score (nSPS) is 27.6. The van der Waals surface area contributed by atoms with Gasteiger partial charge in [-0.05, 0) is 36.4 Å². The Balaban J connectivity index is 1.44. The van der Waals surface area contributed by atoms with Crippen LogP contribution < -0.4 is 5.32 Å². The summed E-state index contributed by atoms with van der Waals surface area (Å²) in [5.74, 6) is 1.73. The third-order valence-electron chi connectivity index (χ3n) is 5.16. The zero-order valence-electron chi connectivity index (χ0n) is 13.9. The van der Waals surface area contributed by atoms with E-state index in [1.54, 1.807) is 6.20 Å². The summed E-state index contributed by atoms with van der Waals surface area (Å²) in [5, 5.41) is 3.04. The molecule has 3 atom stereocenters. The number of carbonyl (C=O) groups excluding carboxylic acids is 1. The minimum Gasteiger partial charge on any atom is -0.381 e. The molecule has 3 heterocycles. The van der Waals surface area contributed by atoms with E-state index in [-0.39, 0.29) is 5.91 Å². The molecule has 0 aliphatic carbocycles. The van der Waals surface area contributed by atoms with Crippen LogP contribution in [0.2, 0.25) is 0 Å². The van der Waals surface area contributed by atoms with Gasteiger partial charge in [0.25, 0.3) is 0 Å². The smallest absolute Gasteiger partial charge is 0.220 e. The van der Waals surface area contributed by atoms with E-state index in [4.69, 9.17) is 4.74 Å². The monoisotopic (exact) mass is 317 g/mol. The minimum atomic E-state index is 0.144. The van der Waals surface area contributed by atoms with Gasteiger partial charge < -0.3 is 15.0 Å². The first-order valence-electron chi connectivity index (χ1n) is 8.73. The SMILES string of the molecule is CCN1C[C@@H]2COC[C@@H](CC(=O)NCCc3ccccn3)[C@@H]2C1. The standard InChI is InChI=1S/C18H27N3O2/c1-2-21-10-15-13-23-12-14(17(15)11-21)9-18(22)20-8-6-16-5-3-4-7-19-16/h3-5,7,14-15,17H,2,6,8-13H2,1H3,(H,20,22)/t14-,15-,17+/m1/s1. The minimum absolute atomic E-state index is 0.144. The fourth-order valence-electron chi connectivity index (χ4n) is 3.85. The maximum atomic E-state index is 12.2. The van der Waals surface area contributed by atoms with Gasteiger partial charge in [0.1, 0.15) is 0 Å². The van der Waals surface area contributed by atoms with Crippen molar-refractivity contribution in [3.05, 3.63) is 30.1 Å². The van der Waals surface area contributed by atoms with E-state index in [0.29, 0.717) is 30.7 Å². The van der Waals surface area contributed by atoms with Crippen molar-refractivity contribution in [3.63, 3.8) is 0 Å². The van der Waals surface area contributed by atoms with Crippen LogP contribution in [0.1, 0.15) is 19.0 Å². The van der Waals surface area contributed by atoms with Gasteiger partial charge in [0.2, 0.25) is 5.91 Å². The van der Waals surface area contributed by atoms with Crippen molar-refractivity contribution in [1.29, 1.82) is 0 Å². The fourth-order valence-corrected chi connectivity index (χ4v) is 3.85. The van der Waals surface area contributed by atoms with Gasteiger partial charge >= 0.3 is 0 Å². The van der Waals surface area contributed by atoms with Crippen LogP contribution in [-0.4, -0.2) is 55.2 Å². The molecule has 0 spiro atoms. The molecule has 0 bridgehead atoms. The highest BCUT2D eigenvalue weighted by molar-refractivity contribution is 5.76. The molecule has 3 rings (SSSR count). The van der Waals surface area contributed by atoms with Crippen molar-refractivity contribution >= 4 is 5.91 Å². The Labute approximate surface area is 138 Å². The second kappa shape index (κ2) is 7.88. The molecule has 2 aliphatic rings. The van der Waals surface area contributed by atoms with Gasteiger partial charge in [-0.15, -0.1) is 0 Å². The number of hydrogen-bond acceptors (Lipinski definition) is 4. The fraction of sp³-hybridized carbons (Fsp3) is 0.667. The van der Waals surface area contributed by atoms with E-state index in [9.17, 15) is 4.79 Å². The van der Waals surface area contributed by atoms with Gasteiger partial charge in [-0.1, -0.05) is 13.0 Å². The van der Waals surface area contributed by atoms with Crippen molar-refractivity contribution < 1.29 is 9.53 Å². The highest BCUT2D eigenvalue weighted by Gasteiger charge is 2.40. The predicted octanol–water partition coefficient (Wildman–Crippen LogP) is 1.34. The molecular formula is C18H27N3O2. The molecule has 23 heavy (non-hydrogen) atoms.